The molecular formula is C13H17N3O. The molecule has 1 unspecified atom stereocenters. The highest BCUT2D eigenvalue weighted by Crippen LogP contribution is 2.27. The van der Waals surface area contributed by atoms with Crippen molar-refractivity contribution in [3.05, 3.63) is 36.9 Å². The number of rotatable bonds is 5. The van der Waals surface area contributed by atoms with E-state index in [0.29, 0.717) is 6.61 Å². The maximum atomic E-state index is 5.82. The molecule has 0 radical (unpaired) electrons. The molecule has 1 heterocycles. The number of nitrogens with zero attached hydrogens (tertiary/aromatic N) is 3. The molecule has 2 aromatic rings. The summed E-state index contributed by atoms with van der Waals surface area (Å²) in [5, 5.41) is 8.35. The predicted molar refractivity (Wildman–Crippen MR) is 67.6 cm³/mol. The van der Waals surface area contributed by atoms with Crippen LogP contribution < -0.4 is 0 Å². The fourth-order valence-electron chi connectivity index (χ4n) is 2.00. The molecule has 17 heavy (non-hydrogen) atoms. The first-order chi connectivity index (χ1) is 8.27. The van der Waals surface area contributed by atoms with Crippen molar-refractivity contribution < 1.29 is 4.74 Å². The van der Waals surface area contributed by atoms with Gasteiger partial charge in [-0.1, -0.05) is 30.8 Å². The first-order valence-corrected chi connectivity index (χ1v) is 5.86. The molecule has 1 atom stereocenters. The summed E-state index contributed by atoms with van der Waals surface area (Å²) in [4.78, 5) is 0. The van der Waals surface area contributed by atoms with Crippen molar-refractivity contribution in [2.75, 3.05) is 6.61 Å². The van der Waals surface area contributed by atoms with Crippen LogP contribution in [0.15, 0.2) is 36.9 Å². The molecule has 0 aliphatic heterocycles. The van der Waals surface area contributed by atoms with E-state index in [0.717, 1.165) is 17.5 Å². The maximum absolute atomic E-state index is 5.82. The van der Waals surface area contributed by atoms with E-state index in [1.165, 1.54) is 0 Å². The fourth-order valence-corrected chi connectivity index (χ4v) is 2.00. The van der Waals surface area contributed by atoms with Crippen molar-refractivity contribution in [1.29, 1.82) is 0 Å². The molecule has 2 rings (SSSR count). The van der Waals surface area contributed by atoms with Gasteiger partial charge in [0.05, 0.1) is 5.52 Å². The molecule has 0 spiro atoms. The van der Waals surface area contributed by atoms with E-state index in [9.17, 15) is 0 Å². The molecule has 0 aliphatic rings. The quantitative estimate of drug-likeness (QED) is 0.743. The average molecular weight is 231 g/mol. The van der Waals surface area contributed by atoms with Crippen LogP contribution in [0, 0.1) is 0 Å². The zero-order chi connectivity index (χ0) is 12.3. The molecule has 0 saturated carbocycles. The van der Waals surface area contributed by atoms with Crippen LogP contribution in [0.25, 0.3) is 11.0 Å². The molecule has 4 heteroatoms. The van der Waals surface area contributed by atoms with Gasteiger partial charge in [-0.25, -0.2) is 4.68 Å². The summed E-state index contributed by atoms with van der Waals surface area (Å²) in [6.07, 6.45) is 2.55. The lowest BCUT2D eigenvalue weighted by Gasteiger charge is -2.29. The summed E-state index contributed by atoms with van der Waals surface area (Å²) >= 11 is 0. The first-order valence-electron chi connectivity index (χ1n) is 5.86. The largest absolute Gasteiger partial charge is 0.350 e. The van der Waals surface area contributed by atoms with E-state index in [2.05, 4.69) is 16.9 Å². The lowest BCUT2D eigenvalue weighted by molar-refractivity contribution is -0.0711. The van der Waals surface area contributed by atoms with Crippen LogP contribution in [-0.4, -0.2) is 21.6 Å². The Bertz CT molecular complexity index is 520. The average Bonchev–Trinajstić information content (AvgIpc) is 2.81. The minimum Gasteiger partial charge on any atom is -0.350 e. The lowest BCUT2D eigenvalue weighted by atomic mass is 10.1. The smallest absolute Gasteiger partial charge is 0.181 e. The minimum atomic E-state index is -0.606. The minimum absolute atomic E-state index is 0.605. The van der Waals surface area contributed by atoms with Crippen LogP contribution >= 0.6 is 0 Å². The second kappa shape index (κ2) is 4.67. The first kappa shape index (κ1) is 11.8. The summed E-state index contributed by atoms with van der Waals surface area (Å²) in [6, 6.07) is 7.85. The third-order valence-electron chi connectivity index (χ3n) is 2.93. The number of aromatic nitrogens is 3. The third kappa shape index (κ3) is 1.85. The molecule has 0 fully saturated rings. The van der Waals surface area contributed by atoms with Gasteiger partial charge in [0.25, 0.3) is 0 Å². The van der Waals surface area contributed by atoms with E-state index in [1.54, 1.807) is 10.8 Å². The van der Waals surface area contributed by atoms with Crippen LogP contribution in [-0.2, 0) is 10.5 Å². The Hall–Kier alpha value is -1.68. The highest BCUT2D eigenvalue weighted by molar-refractivity contribution is 5.74. The number of ether oxygens (including phenoxy) is 1. The molecule has 1 aromatic heterocycles. The van der Waals surface area contributed by atoms with Crippen molar-refractivity contribution in [2.24, 2.45) is 0 Å². The van der Waals surface area contributed by atoms with Gasteiger partial charge >= 0.3 is 0 Å². The Morgan fingerprint density at radius 2 is 2.18 bits per heavy atom. The Kier molecular flexibility index (Phi) is 3.24. The number of para-hydroxylation sites is 1. The Morgan fingerprint density at radius 1 is 1.41 bits per heavy atom. The van der Waals surface area contributed by atoms with Gasteiger partial charge in [-0.2, -0.15) is 0 Å². The van der Waals surface area contributed by atoms with Crippen LogP contribution in [0.1, 0.15) is 20.3 Å². The van der Waals surface area contributed by atoms with Crippen LogP contribution in [0.2, 0.25) is 0 Å². The number of benzene rings is 1. The van der Waals surface area contributed by atoms with Gasteiger partial charge in [0, 0.05) is 6.61 Å². The van der Waals surface area contributed by atoms with Crippen LogP contribution in [0.3, 0.4) is 0 Å². The van der Waals surface area contributed by atoms with Gasteiger partial charge in [0.15, 0.2) is 5.72 Å². The zero-order valence-corrected chi connectivity index (χ0v) is 10.3. The Morgan fingerprint density at radius 3 is 2.82 bits per heavy atom. The van der Waals surface area contributed by atoms with E-state index in [-0.39, 0.29) is 0 Å². The normalized spacial score (nSPS) is 14.7. The van der Waals surface area contributed by atoms with E-state index < -0.39 is 5.72 Å². The van der Waals surface area contributed by atoms with Crippen molar-refractivity contribution in [2.45, 2.75) is 26.0 Å². The molecule has 0 bridgehead atoms. The van der Waals surface area contributed by atoms with Gasteiger partial charge in [0.2, 0.25) is 0 Å². The van der Waals surface area contributed by atoms with Crippen molar-refractivity contribution in [3.63, 3.8) is 0 Å². The summed E-state index contributed by atoms with van der Waals surface area (Å²) in [5.74, 6) is 0. The van der Waals surface area contributed by atoms with Crippen LogP contribution in [0.4, 0.5) is 0 Å². The van der Waals surface area contributed by atoms with E-state index >= 15 is 0 Å². The number of fused-ring (bicyclic) bond motifs is 1. The highest BCUT2D eigenvalue weighted by Gasteiger charge is 2.29. The summed E-state index contributed by atoms with van der Waals surface area (Å²) < 4.78 is 7.63. The number of hydrogen-bond acceptors (Lipinski definition) is 3. The SMILES string of the molecule is C=CC(CC)(OCC)n1nnc2ccccc21. The molecule has 1 aromatic carbocycles. The molecule has 4 nitrogen and oxygen atoms in total. The fraction of sp³-hybridized carbons (Fsp3) is 0.385. The van der Waals surface area contributed by atoms with Gasteiger partial charge in [-0.05, 0) is 31.6 Å². The molecule has 0 aliphatic carbocycles. The maximum Gasteiger partial charge on any atom is 0.181 e. The van der Waals surface area contributed by atoms with Crippen LogP contribution in [0.5, 0.6) is 0 Å². The second-order valence-electron chi connectivity index (χ2n) is 3.83. The second-order valence-corrected chi connectivity index (χ2v) is 3.83. The number of hydrogen-bond donors (Lipinski definition) is 0. The summed E-state index contributed by atoms with van der Waals surface area (Å²) in [5.41, 5.74) is 1.22. The van der Waals surface area contributed by atoms with Crippen molar-refractivity contribution in [1.82, 2.24) is 15.0 Å². The highest BCUT2D eigenvalue weighted by atomic mass is 16.5. The van der Waals surface area contributed by atoms with Gasteiger partial charge < -0.3 is 4.74 Å². The summed E-state index contributed by atoms with van der Waals surface area (Å²) in [6.45, 7) is 8.49. The zero-order valence-electron chi connectivity index (χ0n) is 10.3. The topological polar surface area (TPSA) is 39.9 Å². The molecule has 90 valence electrons. The van der Waals surface area contributed by atoms with E-state index in [4.69, 9.17) is 4.74 Å². The lowest BCUT2D eigenvalue weighted by Crippen LogP contribution is -2.35. The predicted octanol–water partition coefficient (Wildman–Crippen LogP) is 2.72. The van der Waals surface area contributed by atoms with Gasteiger partial charge in [0.1, 0.15) is 5.52 Å². The Labute approximate surface area is 101 Å². The third-order valence-corrected chi connectivity index (χ3v) is 2.93. The molecule has 0 saturated heterocycles. The Balaban J connectivity index is 2.59. The van der Waals surface area contributed by atoms with E-state index in [1.807, 2.05) is 38.1 Å². The van der Waals surface area contributed by atoms with Crippen molar-refractivity contribution >= 4 is 11.0 Å². The molecule has 0 N–H and O–H groups in total. The molecule has 0 amide bonds. The monoisotopic (exact) mass is 231 g/mol. The summed E-state index contributed by atoms with van der Waals surface area (Å²) in [7, 11) is 0. The standard InChI is InChI=1S/C13H17N3O/c1-4-13(5-2,17-6-3)16-12-10-8-7-9-11(12)14-15-16/h4,7-10H,1,5-6H2,2-3H3. The van der Waals surface area contributed by atoms with Crippen molar-refractivity contribution in [3.8, 4) is 0 Å². The molecular weight excluding hydrogens is 214 g/mol. The van der Waals surface area contributed by atoms with Gasteiger partial charge in [-0.15, -0.1) is 5.10 Å². The van der Waals surface area contributed by atoms with Gasteiger partial charge in [-0.3, -0.25) is 0 Å².